The van der Waals surface area contributed by atoms with Crippen LogP contribution in [0.3, 0.4) is 0 Å². The van der Waals surface area contributed by atoms with E-state index in [1.165, 1.54) is 0 Å². The molecule has 1 fully saturated rings. The molecule has 1 aliphatic heterocycles. The number of hydrogen-bond acceptors (Lipinski definition) is 6. The normalized spacial score (nSPS) is 15.7. The van der Waals surface area contributed by atoms with Crippen molar-refractivity contribution >= 4 is 18.2 Å². The first kappa shape index (κ1) is 25.5. The highest BCUT2D eigenvalue weighted by molar-refractivity contribution is 5.79. The van der Waals surface area contributed by atoms with Gasteiger partial charge in [-0.05, 0) is 58.6 Å². The average Bonchev–Trinajstić information content (AvgIpc) is 2.74. The third-order valence-corrected chi connectivity index (χ3v) is 5.05. The van der Waals surface area contributed by atoms with E-state index in [4.69, 9.17) is 9.47 Å². The predicted octanol–water partition coefficient (Wildman–Crippen LogP) is 3.14. The van der Waals surface area contributed by atoms with Crippen molar-refractivity contribution in [1.82, 2.24) is 15.5 Å². The minimum absolute atomic E-state index is 0.0859. The molecule has 0 spiro atoms. The summed E-state index contributed by atoms with van der Waals surface area (Å²) in [6.07, 6.45) is 1.47. The standard InChI is InChI=1S/C23H35N3O6/c1-23(2,3)32-22(30)26-14-11-18(12-15-26)24-13-7-10-19(20(27)28)25-21(29)31-16-17-8-5-4-6-9-17/h4-6,8-9,18-19,24H,7,10-16H2,1-3H3,(H,25,29)(H,27,28). The molecule has 178 valence electrons. The number of amides is 2. The molecule has 0 aliphatic carbocycles. The smallest absolute Gasteiger partial charge is 0.410 e. The number of piperidine rings is 1. The van der Waals surface area contributed by atoms with Crippen LogP contribution in [-0.4, -0.2) is 65.5 Å². The number of alkyl carbamates (subject to hydrolysis) is 1. The summed E-state index contributed by atoms with van der Waals surface area (Å²) >= 11 is 0. The van der Waals surface area contributed by atoms with Gasteiger partial charge in [-0.15, -0.1) is 0 Å². The van der Waals surface area contributed by atoms with E-state index in [2.05, 4.69) is 10.6 Å². The molecule has 1 unspecified atom stereocenters. The molecule has 0 radical (unpaired) electrons. The van der Waals surface area contributed by atoms with Gasteiger partial charge in [0.1, 0.15) is 18.2 Å². The molecule has 0 aromatic heterocycles. The lowest BCUT2D eigenvalue weighted by atomic mass is 10.0. The van der Waals surface area contributed by atoms with Gasteiger partial charge in [0, 0.05) is 19.1 Å². The number of likely N-dealkylation sites (tertiary alicyclic amines) is 1. The Kier molecular flexibility index (Phi) is 9.77. The fourth-order valence-electron chi connectivity index (χ4n) is 3.37. The van der Waals surface area contributed by atoms with Crippen molar-refractivity contribution in [2.24, 2.45) is 0 Å². The molecule has 3 N–H and O–H groups in total. The van der Waals surface area contributed by atoms with Gasteiger partial charge in [-0.1, -0.05) is 30.3 Å². The number of nitrogens with zero attached hydrogens (tertiary/aromatic N) is 1. The summed E-state index contributed by atoms with van der Waals surface area (Å²) < 4.78 is 10.5. The molecule has 1 aromatic rings. The maximum Gasteiger partial charge on any atom is 0.410 e. The summed E-state index contributed by atoms with van der Waals surface area (Å²) in [4.78, 5) is 37.2. The number of carbonyl (C=O) groups is 3. The van der Waals surface area contributed by atoms with E-state index in [-0.39, 0.29) is 18.7 Å². The summed E-state index contributed by atoms with van der Waals surface area (Å²) in [5.41, 5.74) is 0.325. The van der Waals surface area contributed by atoms with Crippen molar-refractivity contribution < 1.29 is 29.0 Å². The molecular weight excluding hydrogens is 414 g/mol. The minimum atomic E-state index is -1.09. The Balaban J connectivity index is 1.63. The molecule has 1 aliphatic rings. The van der Waals surface area contributed by atoms with Crippen LogP contribution in [0.25, 0.3) is 0 Å². The lowest BCUT2D eigenvalue weighted by molar-refractivity contribution is -0.139. The second-order valence-corrected chi connectivity index (χ2v) is 8.93. The Labute approximate surface area is 189 Å². The molecular formula is C23H35N3O6. The van der Waals surface area contributed by atoms with Gasteiger partial charge < -0.3 is 30.1 Å². The molecule has 2 rings (SSSR count). The summed E-state index contributed by atoms with van der Waals surface area (Å²) in [5, 5.41) is 15.2. The molecule has 1 saturated heterocycles. The zero-order valence-corrected chi connectivity index (χ0v) is 19.1. The van der Waals surface area contributed by atoms with Crippen molar-refractivity contribution in [3.8, 4) is 0 Å². The highest BCUT2D eigenvalue weighted by Crippen LogP contribution is 2.15. The van der Waals surface area contributed by atoms with E-state index in [9.17, 15) is 19.5 Å². The molecule has 1 aromatic carbocycles. The molecule has 32 heavy (non-hydrogen) atoms. The molecule has 0 saturated carbocycles. The van der Waals surface area contributed by atoms with Gasteiger partial charge in [0.05, 0.1) is 0 Å². The van der Waals surface area contributed by atoms with Crippen molar-refractivity contribution in [3.05, 3.63) is 35.9 Å². The number of rotatable bonds is 9. The number of hydrogen-bond donors (Lipinski definition) is 3. The van der Waals surface area contributed by atoms with Crippen LogP contribution in [-0.2, 0) is 20.9 Å². The van der Waals surface area contributed by atoms with E-state index in [0.29, 0.717) is 32.5 Å². The van der Waals surface area contributed by atoms with Gasteiger partial charge in [-0.3, -0.25) is 0 Å². The number of benzene rings is 1. The van der Waals surface area contributed by atoms with Gasteiger partial charge in [0.15, 0.2) is 0 Å². The van der Waals surface area contributed by atoms with Crippen LogP contribution in [0.2, 0.25) is 0 Å². The van der Waals surface area contributed by atoms with Crippen LogP contribution in [0, 0.1) is 0 Å². The van der Waals surface area contributed by atoms with Crippen LogP contribution in [0.4, 0.5) is 9.59 Å². The van der Waals surface area contributed by atoms with E-state index >= 15 is 0 Å². The van der Waals surface area contributed by atoms with Crippen LogP contribution >= 0.6 is 0 Å². The topological polar surface area (TPSA) is 117 Å². The van der Waals surface area contributed by atoms with Crippen LogP contribution < -0.4 is 10.6 Å². The molecule has 9 nitrogen and oxygen atoms in total. The zero-order valence-electron chi connectivity index (χ0n) is 19.1. The Bertz CT molecular complexity index is 742. The number of nitrogens with one attached hydrogen (secondary N) is 2. The van der Waals surface area contributed by atoms with Crippen LogP contribution in [0.15, 0.2) is 30.3 Å². The first-order valence-corrected chi connectivity index (χ1v) is 11.1. The van der Waals surface area contributed by atoms with Gasteiger partial charge in [0.25, 0.3) is 0 Å². The summed E-state index contributed by atoms with van der Waals surface area (Å²) in [6, 6.07) is 8.45. The van der Waals surface area contributed by atoms with Crippen molar-refractivity contribution in [1.29, 1.82) is 0 Å². The van der Waals surface area contributed by atoms with Gasteiger partial charge in [-0.25, -0.2) is 14.4 Å². The zero-order chi connectivity index (χ0) is 23.6. The van der Waals surface area contributed by atoms with Gasteiger partial charge >= 0.3 is 18.2 Å². The second-order valence-electron chi connectivity index (χ2n) is 8.93. The van der Waals surface area contributed by atoms with Crippen molar-refractivity contribution in [2.45, 2.75) is 70.7 Å². The summed E-state index contributed by atoms with van der Waals surface area (Å²) in [5.74, 6) is -1.09. The molecule has 2 amide bonds. The lowest BCUT2D eigenvalue weighted by Gasteiger charge is -2.33. The van der Waals surface area contributed by atoms with Gasteiger partial charge in [0.2, 0.25) is 0 Å². The summed E-state index contributed by atoms with van der Waals surface area (Å²) in [6.45, 7) is 7.51. The summed E-state index contributed by atoms with van der Waals surface area (Å²) in [7, 11) is 0. The van der Waals surface area contributed by atoms with Crippen LogP contribution in [0.5, 0.6) is 0 Å². The predicted molar refractivity (Wildman–Crippen MR) is 119 cm³/mol. The maximum atomic E-state index is 12.1. The molecule has 1 heterocycles. The second kappa shape index (κ2) is 12.3. The molecule has 0 bridgehead atoms. The maximum absolute atomic E-state index is 12.1. The fraction of sp³-hybridized carbons (Fsp3) is 0.609. The highest BCUT2D eigenvalue weighted by Gasteiger charge is 2.27. The van der Waals surface area contributed by atoms with Gasteiger partial charge in [-0.2, -0.15) is 0 Å². The minimum Gasteiger partial charge on any atom is -0.480 e. The third-order valence-electron chi connectivity index (χ3n) is 5.05. The third kappa shape index (κ3) is 9.55. The van der Waals surface area contributed by atoms with E-state index in [1.807, 2.05) is 51.1 Å². The Morgan fingerprint density at radius 1 is 1.16 bits per heavy atom. The lowest BCUT2D eigenvalue weighted by Crippen LogP contribution is -2.47. The Hall–Kier alpha value is -2.81. The van der Waals surface area contributed by atoms with E-state index in [1.54, 1.807) is 4.90 Å². The molecule has 1 atom stereocenters. The van der Waals surface area contributed by atoms with E-state index in [0.717, 1.165) is 18.4 Å². The Morgan fingerprint density at radius 3 is 2.41 bits per heavy atom. The Morgan fingerprint density at radius 2 is 1.81 bits per heavy atom. The SMILES string of the molecule is CC(C)(C)OC(=O)N1CCC(NCCCC(NC(=O)OCc2ccccc2)C(=O)O)CC1. The first-order valence-electron chi connectivity index (χ1n) is 11.1. The van der Waals surface area contributed by atoms with Crippen molar-refractivity contribution in [2.75, 3.05) is 19.6 Å². The molecule has 9 heteroatoms. The quantitative estimate of drug-likeness (QED) is 0.496. The number of carbonyl (C=O) groups excluding carboxylic acids is 2. The number of carboxylic acids is 1. The monoisotopic (exact) mass is 449 g/mol. The fourth-order valence-corrected chi connectivity index (χ4v) is 3.37. The number of aliphatic carboxylic acids is 1. The number of carboxylic acid groups (broad SMARTS) is 1. The van der Waals surface area contributed by atoms with E-state index < -0.39 is 23.7 Å². The highest BCUT2D eigenvalue weighted by atomic mass is 16.6. The average molecular weight is 450 g/mol. The number of ether oxygens (including phenoxy) is 2. The van der Waals surface area contributed by atoms with Crippen molar-refractivity contribution in [3.63, 3.8) is 0 Å². The first-order chi connectivity index (χ1) is 15.1. The van der Waals surface area contributed by atoms with Crippen LogP contribution in [0.1, 0.15) is 52.0 Å². The largest absolute Gasteiger partial charge is 0.480 e.